The van der Waals surface area contributed by atoms with Gasteiger partial charge in [-0.05, 0) is 18.2 Å². The summed E-state index contributed by atoms with van der Waals surface area (Å²) in [6.45, 7) is 0.369. The summed E-state index contributed by atoms with van der Waals surface area (Å²) in [6.07, 6.45) is 3.51. The zero-order chi connectivity index (χ0) is 13.8. The van der Waals surface area contributed by atoms with Gasteiger partial charge in [0.05, 0.1) is 19.3 Å². The molecule has 100 valence electrons. The number of nitrogens with zero attached hydrogens (tertiary/aromatic N) is 2. The van der Waals surface area contributed by atoms with Crippen LogP contribution < -0.4 is 15.8 Å². The number of ether oxygens (including phenoxy) is 1. The maximum atomic E-state index is 12.0. The Balaban J connectivity index is 2.04. The number of nitrogens with one attached hydrogen (secondary N) is 1. The highest BCUT2D eigenvalue weighted by molar-refractivity contribution is 5.95. The van der Waals surface area contributed by atoms with Crippen LogP contribution in [0.25, 0.3) is 0 Å². The molecule has 0 saturated carbocycles. The Morgan fingerprint density at radius 2 is 2.32 bits per heavy atom. The Morgan fingerprint density at radius 3 is 2.89 bits per heavy atom. The minimum atomic E-state index is -0.197. The van der Waals surface area contributed by atoms with Gasteiger partial charge in [0, 0.05) is 25.0 Å². The largest absolute Gasteiger partial charge is 0.495 e. The van der Waals surface area contributed by atoms with Crippen LogP contribution in [0, 0.1) is 0 Å². The van der Waals surface area contributed by atoms with Crippen LogP contribution in [-0.4, -0.2) is 22.6 Å². The zero-order valence-corrected chi connectivity index (χ0v) is 10.9. The fourth-order valence-electron chi connectivity index (χ4n) is 1.70. The van der Waals surface area contributed by atoms with Crippen LogP contribution in [0.1, 0.15) is 16.2 Å². The molecule has 0 aliphatic rings. The molecule has 0 aliphatic carbocycles. The topological polar surface area (TPSA) is 82.2 Å². The molecule has 0 radical (unpaired) electrons. The highest BCUT2D eigenvalue weighted by Crippen LogP contribution is 2.21. The van der Waals surface area contributed by atoms with Gasteiger partial charge < -0.3 is 20.4 Å². The second-order valence-corrected chi connectivity index (χ2v) is 4.09. The van der Waals surface area contributed by atoms with E-state index < -0.39 is 0 Å². The highest BCUT2D eigenvalue weighted by atomic mass is 16.5. The molecule has 1 heterocycles. The van der Waals surface area contributed by atoms with E-state index in [2.05, 4.69) is 10.3 Å². The SMILES string of the molecule is COc1ccc(C(=O)NCc2nccn2C)cc1N. The minimum Gasteiger partial charge on any atom is -0.495 e. The zero-order valence-electron chi connectivity index (χ0n) is 10.9. The van der Waals surface area contributed by atoms with Gasteiger partial charge >= 0.3 is 0 Å². The predicted octanol–water partition coefficient (Wildman–Crippen LogP) is 0.941. The van der Waals surface area contributed by atoms with E-state index in [0.717, 1.165) is 5.82 Å². The molecule has 6 heteroatoms. The number of methoxy groups -OCH3 is 1. The van der Waals surface area contributed by atoms with Crippen molar-refractivity contribution < 1.29 is 9.53 Å². The minimum absolute atomic E-state index is 0.197. The van der Waals surface area contributed by atoms with Crippen molar-refractivity contribution in [2.75, 3.05) is 12.8 Å². The van der Waals surface area contributed by atoms with Crippen molar-refractivity contribution in [1.29, 1.82) is 0 Å². The van der Waals surface area contributed by atoms with E-state index in [1.807, 2.05) is 17.8 Å². The normalized spacial score (nSPS) is 10.2. The van der Waals surface area contributed by atoms with E-state index in [4.69, 9.17) is 10.5 Å². The van der Waals surface area contributed by atoms with Crippen molar-refractivity contribution in [2.45, 2.75) is 6.54 Å². The van der Waals surface area contributed by atoms with Gasteiger partial charge in [0.2, 0.25) is 0 Å². The summed E-state index contributed by atoms with van der Waals surface area (Å²) in [5, 5.41) is 2.79. The number of rotatable bonds is 4. The fourth-order valence-corrected chi connectivity index (χ4v) is 1.70. The number of carbonyl (C=O) groups is 1. The number of aryl methyl sites for hydroxylation is 1. The lowest BCUT2D eigenvalue weighted by molar-refractivity contribution is 0.0949. The number of anilines is 1. The predicted molar refractivity (Wildman–Crippen MR) is 71.8 cm³/mol. The van der Waals surface area contributed by atoms with Crippen molar-refractivity contribution in [3.63, 3.8) is 0 Å². The van der Waals surface area contributed by atoms with E-state index in [0.29, 0.717) is 23.5 Å². The number of amides is 1. The molecule has 0 unspecified atom stereocenters. The van der Waals surface area contributed by atoms with Crippen molar-refractivity contribution in [3.8, 4) is 5.75 Å². The van der Waals surface area contributed by atoms with Crippen LogP contribution in [0.15, 0.2) is 30.6 Å². The molecule has 0 aliphatic heterocycles. The number of imidazole rings is 1. The van der Waals surface area contributed by atoms with Crippen molar-refractivity contribution in [2.24, 2.45) is 7.05 Å². The maximum absolute atomic E-state index is 12.0. The molecule has 19 heavy (non-hydrogen) atoms. The van der Waals surface area contributed by atoms with Crippen molar-refractivity contribution in [1.82, 2.24) is 14.9 Å². The van der Waals surface area contributed by atoms with Gasteiger partial charge in [-0.3, -0.25) is 4.79 Å². The lowest BCUT2D eigenvalue weighted by atomic mass is 10.2. The fraction of sp³-hybridized carbons (Fsp3) is 0.231. The summed E-state index contributed by atoms with van der Waals surface area (Å²) in [5.74, 6) is 1.15. The van der Waals surface area contributed by atoms with Crippen LogP contribution in [0.2, 0.25) is 0 Å². The lowest BCUT2D eigenvalue weighted by Crippen LogP contribution is -2.24. The van der Waals surface area contributed by atoms with E-state index in [-0.39, 0.29) is 5.91 Å². The smallest absolute Gasteiger partial charge is 0.251 e. The third-order valence-corrected chi connectivity index (χ3v) is 2.82. The van der Waals surface area contributed by atoms with Crippen molar-refractivity contribution >= 4 is 11.6 Å². The second-order valence-electron chi connectivity index (χ2n) is 4.09. The average molecular weight is 260 g/mol. The standard InChI is InChI=1S/C13H16N4O2/c1-17-6-5-15-12(17)8-16-13(18)9-3-4-11(19-2)10(14)7-9/h3-7H,8,14H2,1-2H3,(H,16,18). The molecule has 2 aromatic rings. The lowest BCUT2D eigenvalue weighted by Gasteiger charge is -2.08. The quantitative estimate of drug-likeness (QED) is 0.801. The second kappa shape index (κ2) is 5.43. The van der Waals surface area contributed by atoms with Crippen LogP contribution in [0.3, 0.4) is 0 Å². The number of nitrogen functional groups attached to an aromatic ring is 1. The van der Waals surface area contributed by atoms with Gasteiger partial charge in [-0.2, -0.15) is 0 Å². The van der Waals surface area contributed by atoms with Crippen LogP contribution in [0.5, 0.6) is 5.75 Å². The van der Waals surface area contributed by atoms with Crippen LogP contribution in [0.4, 0.5) is 5.69 Å². The molecule has 0 bridgehead atoms. The first-order chi connectivity index (χ1) is 9.11. The summed E-state index contributed by atoms with van der Waals surface area (Å²) in [4.78, 5) is 16.1. The van der Waals surface area contributed by atoms with Gasteiger partial charge in [-0.1, -0.05) is 0 Å². The number of benzene rings is 1. The maximum Gasteiger partial charge on any atom is 0.251 e. The number of carbonyl (C=O) groups excluding carboxylic acids is 1. The molecule has 3 N–H and O–H groups in total. The molecule has 2 rings (SSSR count). The Labute approximate surface area is 111 Å². The first-order valence-corrected chi connectivity index (χ1v) is 5.79. The molecule has 0 atom stereocenters. The van der Waals surface area contributed by atoms with E-state index >= 15 is 0 Å². The summed E-state index contributed by atoms with van der Waals surface area (Å²) in [6, 6.07) is 4.93. The number of nitrogens with two attached hydrogens (primary N) is 1. The molecule has 1 aromatic heterocycles. The molecule has 0 saturated heterocycles. The van der Waals surface area contributed by atoms with Gasteiger partial charge in [-0.25, -0.2) is 4.98 Å². The molecule has 0 fully saturated rings. The molecular formula is C13H16N4O2. The number of aromatic nitrogens is 2. The van der Waals surface area contributed by atoms with Gasteiger partial charge in [0.1, 0.15) is 11.6 Å². The summed E-state index contributed by atoms with van der Waals surface area (Å²) in [5.41, 5.74) is 6.69. The Kier molecular flexibility index (Phi) is 3.70. The van der Waals surface area contributed by atoms with Crippen molar-refractivity contribution in [3.05, 3.63) is 42.0 Å². The molecule has 1 aromatic carbocycles. The molecule has 6 nitrogen and oxygen atoms in total. The Bertz CT molecular complexity index is 592. The summed E-state index contributed by atoms with van der Waals surface area (Å²) in [7, 11) is 3.41. The molecular weight excluding hydrogens is 244 g/mol. The Hall–Kier alpha value is -2.50. The van der Waals surface area contributed by atoms with Gasteiger partial charge in [0.25, 0.3) is 5.91 Å². The summed E-state index contributed by atoms with van der Waals surface area (Å²) < 4.78 is 6.89. The third kappa shape index (κ3) is 2.85. The highest BCUT2D eigenvalue weighted by Gasteiger charge is 2.09. The van der Waals surface area contributed by atoms with Gasteiger partial charge in [0.15, 0.2) is 0 Å². The molecule has 0 spiro atoms. The van der Waals surface area contributed by atoms with Gasteiger partial charge in [-0.15, -0.1) is 0 Å². The number of hydrogen-bond acceptors (Lipinski definition) is 4. The first kappa shape index (κ1) is 12.9. The van der Waals surface area contributed by atoms with E-state index in [1.165, 1.54) is 7.11 Å². The van der Waals surface area contributed by atoms with E-state index in [1.54, 1.807) is 24.4 Å². The van der Waals surface area contributed by atoms with Crippen LogP contribution >= 0.6 is 0 Å². The summed E-state index contributed by atoms with van der Waals surface area (Å²) >= 11 is 0. The van der Waals surface area contributed by atoms with E-state index in [9.17, 15) is 4.79 Å². The van der Waals surface area contributed by atoms with Crippen LogP contribution in [-0.2, 0) is 13.6 Å². The Morgan fingerprint density at radius 1 is 1.53 bits per heavy atom. The molecule has 1 amide bonds. The average Bonchev–Trinajstić information content (AvgIpc) is 2.81. The first-order valence-electron chi connectivity index (χ1n) is 5.79. The number of hydrogen-bond donors (Lipinski definition) is 2. The third-order valence-electron chi connectivity index (χ3n) is 2.82. The monoisotopic (exact) mass is 260 g/mol.